The van der Waals surface area contributed by atoms with Gasteiger partial charge in [0, 0.05) is 34.1 Å². The van der Waals surface area contributed by atoms with Crippen LogP contribution in [0.3, 0.4) is 0 Å². The summed E-state index contributed by atoms with van der Waals surface area (Å²) >= 11 is 0. The van der Waals surface area contributed by atoms with Gasteiger partial charge in [0.2, 0.25) is 0 Å². The molecular weight excluding hydrogens is 1520 g/mol. The second kappa shape index (κ2) is 32.1. The molecule has 24 aromatic rings. The van der Waals surface area contributed by atoms with Gasteiger partial charge in [0.1, 0.15) is 0 Å². The van der Waals surface area contributed by atoms with Gasteiger partial charge >= 0.3 is 0 Å². The maximum atomic E-state index is 2.44. The molecule has 0 amide bonds. The molecule has 24 aromatic carbocycles. The molecule has 0 unspecified atom stereocenters. The lowest BCUT2D eigenvalue weighted by atomic mass is 9.81. The van der Waals surface area contributed by atoms with E-state index >= 15 is 0 Å². The molecule has 24 rings (SSSR count). The van der Waals surface area contributed by atoms with Crippen LogP contribution in [0.15, 0.2) is 497 Å². The minimum Gasteiger partial charge on any atom is -0.310 e. The molecule has 0 spiro atoms. The van der Waals surface area contributed by atoms with Crippen molar-refractivity contribution < 1.29 is 0 Å². The van der Waals surface area contributed by atoms with Crippen molar-refractivity contribution in [3.8, 4) is 89.0 Å². The Labute approximate surface area is 733 Å². The van der Waals surface area contributed by atoms with Crippen molar-refractivity contribution in [3.05, 3.63) is 497 Å². The Balaban J connectivity index is 0.000000146. The Bertz CT molecular complexity index is 8170. The summed E-state index contributed by atoms with van der Waals surface area (Å²) in [5.41, 5.74) is 26.3. The zero-order valence-corrected chi connectivity index (χ0v) is 69.2. The van der Waals surface area contributed by atoms with E-state index in [1.165, 1.54) is 197 Å². The van der Waals surface area contributed by atoms with Gasteiger partial charge in [0.15, 0.2) is 0 Å². The topological polar surface area (TPSA) is 6.48 Å². The fraction of sp³-hybridized carbons (Fsp3) is 0. The van der Waals surface area contributed by atoms with Crippen molar-refractivity contribution in [2.45, 2.75) is 0 Å². The lowest BCUT2D eigenvalue weighted by Crippen LogP contribution is -2.10. The summed E-state index contributed by atoms with van der Waals surface area (Å²) in [6, 6.07) is 182. The van der Waals surface area contributed by atoms with E-state index in [2.05, 4.69) is 507 Å². The Hall–Kier alpha value is -16.5. The number of anilines is 6. The molecule has 588 valence electrons. The van der Waals surface area contributed by atoms with Crippen LogP contribution in [-0.4, -0.2) is 0 Å². The van der Waals surface area contributed by atoms with Crippen LogP contribution in [0.2, 0.25) is 0 Å². The van der Waals surface area contributed by atoms with Crippen molar-refractivity contribution >= 4 is 142 Å². The first-order valence-electron chi connectivity index (χ1n) is 43.5. The number of rotatable bonds is 14. The molecule has 0 heterocycles. The predicted molar refractivity (Wildman–Crippen MR) is 541 cm³/mol. The summed E-state index contributed by atoms with van der Waals surface area (Å²) in [6.07, 6.45) is 0. The standard InChI is InChI=1S/C66H43N.C58H39N/c1-4-18-46(19-5-1)61-43-62(47-20-6-2-7-21-47)65-59-27-15-14-26-58(59)63-42-54(33-37-60(63)66(65)64(61)48-22-8-3-9-23-48)51-28-29-53-41-57(36-32-52(53)38-51)67(55-34-30-44-16-10-12-24-49(44)39-55)56-35-31-45-17-11-13-25-50(45)40-56;1-6-18-40(19-7-1)53-39-54(41-20-8-2-9-21-41)57-51-29-17-16-28-50(51)55-38-46(33-35-52(55)58(57)56(53)42-22-10-3-11-23-42)43-30-31-45-37-49(34-32-44(45)36-43)59(47-24-12-4-13-25-47)48-26-14-5-15-27-48/h1-43H;1-39H. The molecule has 2 nitrogen and oxygen atoms in total. The molecule has 0 radical (unpaired) electrons. The third-order valence-corrected chi connectivity index (χ3v) is 25.5. The van der Waals surface area contributed by atoms with Crippen molar-refractivity contribution in [3.63, 3.8) is 0 Å². The minimum atomic E-state index is 1.12. The number of hydrogen-bond donors (Lipinski definition) is 0. The quantitative estimate of drug-likeness (QED) is 0.100. The lowest BCUT2D eigenvalue weighted by Gasteiger charge is -2.26. The SMILES string of the molecule is c1ccc(-c2cc(-c3ccccc3)c3c4ccccc4c4cc(-c5ccc6cc(N(c7ccc8ccccc8c7)c7ccc8ccccc8c7)ccc6c5)ccc4c3c2-c2ccccc2)cc1.c1ccc(-c2cc(-c3ccccc3)c3c4ccccc4c4cc(-c5ccc6cc(N(c7ccccc7)c7ccccc7)ccc6c5)ccc4c3c2-c2ccccc2)cc1. The van der Waals surface area contributed by atoms with E-state index in [4.69, 9.17) is 0 Å². The Morgan fingerprint density at radius 3 is 0.706 bits per heavy atom. The summed E-state index contributed by atoms with van der Waals surface area (Å²) in [6.45, 7) is 0. The molecule has 126 heavy (non-hydrogen) atoms. The Morgan fingerprint density at radius 2 is 0.349 bits per heavy atom. The number of nitrogens with zero attached hydrogens (tertiary/aromatic N) is 2. The van der Waals surface area contributed by atoms with Crippen LogP contribution in [0.5, 0.6) is 0 Å². The molecule has 0 saturated carbocycles. The summed E-state index contributed by atoms with van der Waals surface area (Å²) in [5, 5.41) is 24.9. The van der Waals surface area contributed by atoms with Gasteiger partial charge in [-0.05, 0) is 306 Å². The van der Waals surface area contributed by atoms with Gasteiger partial charge in [-0.25, -0.2) is 0 Å². The molecule has 0 fully saturated rings. The molecular formula is C124H82N2. The highest BCUT2D eigenvalue weighted by Crippen LogP contribution is 2.53. The smallest absolute Gasteiger partial charge is 0.0468 e. The highest BCUT2D eigenvalue weighted by Gasteiger charge is 2.26. The van der Waals surface area contributed by atoms with Crippen LogP contribution >= 0.6 is 0 Å². The predicted octanol–water partition coefficient (Wildman–Crippen LogP) is 35.2. The Kier molecular flexibility index (Phi) is 19.0. The van der Waals surface area contributed by atoms with Gasteiger partial charge in [-0.3, -0.25) is 0 Å². The molecule has 0 bridgehead atoms. The van der Waals surface area contributed by atoms with Crippen molar-refractivity contribution in [2.24, 2.45) is 0 Å². The third kappa shape index (κ3) is 13.6. The van der Waals surface area contributed by atoms with Crippen molar-refractivity contribution in [1.82, 2.24) is 0 Å². The third-order valence-electron chi connectivity index (χ3n) is 25.5. The molecule has 0 aliphatic carbocycles. The van der Waals surface area contributed by atoms with Crippen molar-refractivity contribution in [2.75, 3.05) is 9.80 Å². The van der Waals surface area contributed by atoms with E-state index in [0.717, 1.165) is 34.1 Å². The molecule has 0 N–H and O–H groups in total. The molecule has 0 aliphatic rings. The highest BCUT2D eigenvalue weighted by molar-refractivity contribution is 6.35. The number of fused-ring (bicyclic) bond motifs is 16. The van der Waals surface area contributed by atoms with E-state index in [1.54, 1.807) is 0 Å². The average molecular weight is 1600 g/mol. The summed E-state index contributed by atoms with van der Waals surface area (Å²) in [7, 11) is 0. The fourth-order valence-corrected chi connectivity index (χ4v) is 19.6. The first kappa shape index (κ1) is 74.5. The monoisotopic (exact) mass is 1600 g/mol. The van der Waals surface area contributed by atoms with Crippen LogP contribution in [0.25, 0.3) is 197 Å². The van der Waals surface area contributed by atoms with Crippen LogP contribution in [0.4, 0.5) is 34.1 Å². The van der Waals surface area contributed by atoms with E-state index in [-0.39, 0.29) is 0 Å². The normalized spacial score (nSPS) is 11.5. The van der Waals surface area contributed by atoms with Crippen LogP contribution in [0.1, 0.15) is 0 Å². The highest BCUT2D eigenvalue weighted by atomic mass is 15.1. The number of benzene rings is 24. The van der Waals surface area contributed by atoms with Crippen LogP contribution in [0, 0.1) is 0 Å². The van der Waals surface area contributed by atoms with E-state index in [0.29, 0.717) is 0 Å². The van der Waals surface area contributed by atoms with Gasteiger partial charge in [-0.1, -0.05) is 388 Å². The maximum Gasteiger partial charge on any atom is 0.0468 e. The maximum absolute atomic E-state index is 2.44. The summed E-state index contributed by atoms with van der Waals surface area (Å²) in [4.78, 5) is 4.71. The minimum absolute atomic E-state index is 1.12. The first-order valence-corrected chi connectivity index (χ1v) is 43.5. The summed E-state index contributed by atoms with van der Waals surface area (Å²) in [5.74, 6) is 0. The average Bonchev–Trinajstić information content (AvgIpc) is 0.712. The molecule has 2 heteroatoms. The molecule has 0 aromatic heterocycles. The van der Waals surface area contributed by atoms with Gasteiger partial charge in [0.25, 0.3) is 0 Å². The molecule has 0 atom stereocenters. The van der Waals surface area contributed by atoms with E-state index in [1.807, 2.05) is 0 Å². The lowest BCUT2D eigenvalue weighted by molar-refractivity contribution is 1.29. The van der Waals surface area contributed by atoms with Gasteiger partial charge in [0.05, 0.1) is 0 Å². The second-order valence-corrected chi connectivity index (χ2v) is 32.9. The van der Waals surface area contributed by atoms with E-state index in [9.17, 15) is 0 Å². The van der Waals surface area contributed by atoms with Gasteiger partial charge in [-0.15, -0.1) is 0 Å². The molecule has 0 aliphatic heterocycles. The molecule has 0 saturated heterocycles. The van der Waals surface area contributed by atoms with E-state index < -0.39 is 0 Å². The van der Waals surface area contributed by atoms with Gasteiger partial charge < -0.3 is 9.80 Å². The Morgan fingerprint density at radius 1 is 0.111 bits per heavy atom. The van der Waals surface area contributed by atoms with Gasteiger partial charge in [-0.2, -0.15) is 0 Å². The van der Waals surface area contributed by atoms with Crippen LogP contribution in [-0.2, 0) is 0 Å². The number of para-hydroxylation sites is 2. The fourth-order valence-electron chi connectivity index (χ4n) is 19.6. The van der Waals surface area contributed by atoms with Crippen molar-refractivity contribution in [1.29, 1.82) is 0 Å². The second-order valence-electron chi connectivity index (χ2n) is 32.9. The number of hydrogen-bond acceptors (Lipinski definition) is 2. The largest absolute Gasteiger partial charge is 0.310 e. The summed E-state index contributed by atoms with van der Waals surface area (Å²) < 4.78 is 0. The zero-order valence-electron chi connectivity index (χ0n) is 69.2. The zero-order chi connectivity index (χ0) is 83.4. The first-order chi connectivity index (χ1) is 62.5. The van der Waals surface area contributed by atoms with Crippen LogP contribution < -0.4 is 9.80 Å².